The second-order valence-electron chi connectivity index (χ2n) is 6.95. The minimum atomic E-state index is -0.744. The van der Waals surface area contributed by atoms with Gasteiger partial charge in [0.05, 0.1) is 0 Å². The summed E-state index contributed by atoms with van der Waals surface area (Å²) >= 11 is 0. The summed E-state index contributed by atoms with van der Waals surface area (Å²) in [6.07, 6.45) is 0. The van der Waals surface area contributed by atoms with E-state index in [0.717, 1.165) is 23.0 Å². The van der Waals surface area contributed by atoms with E-state index in [1.165, 1.54) is 10.6 Å². The standard InChI is InChI=1S/C20H24NO4P/c1-13(2)21(14(3)4)26(15-5-7-17-19(9-15)24-11-22-17)16-6-8-18-20(10-16)25-12-23-18/h5-10,13-14H,11-12H2,1-4H3. The summed E-state index contributed by atoms with van der Waals surface area (Å²) in [5.74, 6) is 3.27. The molecule has 0 radical (unpaired) electrons. The third-order valence-electron chi connectivity index (χ3n) is 4.49. The molecule has 0 aliphatic carbocycles. The van der Waals surface area contributed by atoms with E-state index in [-0.39, 0.29) is 0 Å². The first-order chi connectivity index (χ1) is 12.5. The maximum Gasteiger partial charge on any atom is 0.231 e. The van der Waals surface area contributed by atoms with Gasteiger partial charge in [0, 0.05) is 20.2 Å². The molecule has 2 aromatic rings. The molecule has 0 atom stereocenters. The molecule has 0 fully saturated rings. The molecule has 0 unspecified atom stereocenters. The highest BCUT2D eigenvalue weighted by molar-refractivity contribution is 7.70. The van der Waals surface area contributed by atoms with Crippen molar-refractivity contribution in [1.82, 2.24) is 4.67 Å². The molecule has 138 valence electrons. The van der Waals surface area contributed by atoms with Crippen LogP contribution in [0.2, 0.25) is 0 Å². The molecule has 5 nitrogen and oxygen atoms in total. The molecule has 2 aromatic carbocycles. The third-order valence-corrected chi connectivity index (χ3v) is 7.41. The first-order valence-corrected chi connectivity index (χ1v) is 10.2. The smallest absolute Gasteiger partial charge is 0.231 e. The Morgan fingerprint density at radius 2 is 1.12 bits per heavy atom. The lowest BCUT2D eigenvalue weighted by molar-refractivity contribution is 0.173. The van der Waals surface area contributed by atoms with Crippen molar-refractivity contribution in [3.05, 3.63) is 36.4 Å². The van der Waals surface area contributed by atoms with E-state index in [2.05, 4.69) is 56.6 Å². The number of fused-ring (bicyclic) bond motifs is 2. The van der Waals surface area contributed by atoms with E-state index in [1.807, 2.05) is 12.1 Å². The fraction of sp³-hybridized carbons (Fsp3) is 0.400. The zero-order chi connectivity index (χ0) is 18.3. The van der Waals surface area contributed by atoms with Gasteiger partial charge in [-0.25, -0.2) is 0 Å². The fourth-order valence-corrected chi connectivity index (χ4v) is 6.17. The molecular formula is C20H24NO4P. The topological polar surface area (TPSA) is 40.2 Å². The van der Waals surface area contributed by atoms with Crippen molar-refractivity contribution in [2.24, 2.45) is 0 Å². The van der Waals surface area contributed by atoms with Crippen molar-refractivity contribution in [3.63, 3.8) is 0 Å². The predicted octanol–water partition coefficient (Wildman–Crippen LogP) is 3.61. The summed E-state index contributed by atoms with van der Waals surface area (Å²) < 4.78 is 24.8. The van der Waals surface area contributed by atoms with Gasteiger partial charge >= 0.3 is 0 Å². The summed E-state index contributed by atoms with van der Waals surface area (Å²) in [6.45, 7) is 9.56. The first kappa shape index (κ1) is 17.4. The lowest BCUT2D eigenvalue weighted by Crippen LogP contribution is -2.38. The minimum absolute atomic E-state index is 0.290. The zero-order valence-electron chi connectivity index (χ0n) is 15.6. The van der Waals surface area contributed by atoms with Crippen molar-refractivity contribution in [1.29, 1.82) is 0 Å². The van der Waals surface area contributed by atoms with Crippen LogP contribution < -0.4 is 29.6 Å². The SMILES string of the molecule is CC(C)N(C(C)C)P(c1ccc2c(c1)OCO2)c1ccc2c(c1)OCO2. The van der Waals surface area contributed by atoms with Gasteiger partial charge in [0.15, 0.2) is 23.0 Å². The number of nitrogens with zero attached hydrogens (tertiary/aromatic N) is 1. The van der Waals surface area contributed by atoms with E-state index in [4.69, 9.17) is 18.9 Å². The maximum absolute atomic E-state index is 5.62. The van der Waals surface area contributed by atoms with Crippen LogP contribution in [0.15, 0.2) is 36.4 Å². The van der Waals surface area contributed by atoms with Crippen LogP contribution in [0.4, 0.5) is 0 Å². The van der Waals surface area contributed by atoms with Gasteiger partial charge in [0.25, 0.3) is 0 Å². The van der Waals surface area contributed by atoms with Gasteiger partial charge in [-0.3, -0.25) is 4.67 Å². The fourth-order valence-electron chi connectivity index (χ4n) is 3.51. The lowest BCUT2D eigenvalue weighted by atomic mass is 10.3. The van der Waals surface area contributed by atoms with E-state index in [1.54, 1.807) is 0 Å². The number of hydrogen-bond acceptors (Lipinski definition) is 5. The Hall–Kier alpha value is -1.97. The van der Waals surface area contributed by atoms with Crippen LogP contribution in [-0.2, 0) is 0 Å². The summed E-state index contributed by atoms with van der Waals surface area (Å²) in [5.41, 5.74) is 0. The molecule has 6 heteroatoms. The summed E-state index contributed by atoms with van der Waals surface area (Å²) in [5, 5.41) is 2.48. The van der Waals surface area contributed by atoms with Crippen LogP contribution in [0.5, 0.6) is 23.0 Å². The highest BCUT2D eigenvalue weighted by Gasteiger charge is 2.30. The molecular weight excluding hydrogens is 349 g/mol. The van der Waals surface area contributed by atoms with E-state index in [9.17, 15) is 0 Å². The molecule has 0 N–H and O–H groups in total. The normalized spacial score (nSPS) is 14.9. The Morgan fingerprint density at radius 1 is 0.692 bits per heavy atom. The van der Waals surface area contributed by atoms with Crippen LogP contribution >= 0.6 is 8.07 Å². The molecule has 0 spiro atoms. The highest BCUT2D eigenvalue weighted by Crippen LogP contribution is 2.46. The van der Waals surface area contributed by atoms with Gasteiger partial charge in [-0.2, -0.15) is 0 Å². The first-order valence-electron chi connectivity index (χ1n) is 8.92. The molecule has 0 saturated heterocycles. The van der Waals surface area contributed by atoms with Crippen molar-refractivity contribution in [3.8, 4) is 23.0 Å². The molecule has 0 amide bonds. The van der Waals surface area contributed by atoms with Crippen LogP contribution in [0.1, 0.15) is 27.7 Å². The van der Waals surface area contributed by atoms with Crippen molar-refractivity contribution >= 4 is 18.7 Å². The van der Waals surface area contributed by atoms with E-state index < -0.39 is 8.07 Å². The molecule has 2 aliphatic heterocycles. The van der Waals surface area contributed by atoms with Gasteiger partial charge in [-0.05, 0) is 74.7 Å². The largest absolute Gasteiger partial charge is 0.454 e. The van der Waals surface area contributed by atoms with Gasteiger partial charge in [0.1, 0.15) is 0 Å². The number of ether oxygens (including phenoxy) is 4. The molecule has 0 aromatic heterocycles. The van der Waals surface area contributed by atoms with Crippen molar-refractivity contribution < 1.29 is 18.9 Å². The van der Waals surface area contributed by atoms with E-state index >= 15 is 0 Å². The Kier molecular flexibility index (Phi) is 4.68. The Morgan fingerprint density at radius 3 is 1.54 bits per heavy atom. The van der Waals surface area contributed by atoms with Crippen LogP contribution in [0.3, 0.4) is 0 Å². The Bertz CT molecular complexity index is 743. The number of benzene rings is 2. The molecule has 2 heterocycles. The molecule has 2 aliphatic rings. The monoisotopic (exact) mass is 373 g/mol. The molecule has 26 heavy (non-hydrogen) atoms. The Labute approximate surface area is 155 Å². The van der Waals surface area contributed by atoms with Gasteiger partial charge in [-0.1, -0.05) is 0 Å². The zero-order valence-corrected chi connectivity index (χ0v) is 16.5. The highest BCUT2D eigenvalue weighted by atomic mass is 31.1. The average molecular weight is 373 g/mol. The summed E-state index contributed by atoms with van der Waals surface area (Å²) in [7, 11) is -0.744. The molecule has 0 bridgehead atoms. The summed E-state index contributed by atoms with van der Waals surface area (Å²) in [4.78, 5) is 0. The predicted molar refractivity (Wildman–Crippen MR) is 103 cm³/mol. The van der Waals surface area contributed by atoms with Crippen LogP contribution in [0.25, 0.3) is 0 Å². The number of rotatable bonds is 5. The molecule has 4 rings (SSSR count). The summed E-state index contributed by atoms with van der Waals surface area (Å²) in [6, 6.07) is 13.4. The maximum atomic E-state index is 5.62. The second kappa shape index (κ2) is 6.98. The van der Waals surface area contributed by atoms with Crippen molar-refractivity contribution in [2.75, 3.05) is 13.6 Å². The van der Waals surface area contributed by atoms with Gasteiger partial charge < -0.3 is 18.9 Å². The van der Waals surface area contributed by atoms with Crippen LogP contribution in [0, 0.1) is 0 Å². The average Bonchev–Trinajstić information content (AvgIpc) is 3.26. The van der Waals surface area contributed by atoms with E-state index in [0.29, 0.717) is 25.7 Å². The number of hydrogen-bond donors (Lipinski definition) is 0. The van der Waals surface area contributed by atoms with Crippen LogP contribution in [-0.4, -0.2) is 30.3 Å². The Balaban J connectivity index is 1.81. The second-order valence-corrected chi connectivity index (χ2v) is 9.07. The molecule has 0 saturated carbocycles. The minimum Gasteiger partial charge on any atom is -0.454 e. The quantitative estimate of drug-likeness (QED) is 0.749. The van der Waals surface area contributed by atoms with Gasteiger partial charge in [0.2, 0.25) is 13.6 Å². The van der Waals surface area contributed by atoms with Crippen molar-refractivity contribution in [2.45, 2.75) is 39.8 Å². The third kappa shape index (κ3) is 3.10. The van der Waals surface area contributed by atoms with Gasteiger partial charge in [-0.15, -0.1) is 0 Å². The lowest BCUT2D eigenvalue weighted by Gasteiger charge is -2.38.